The van der Waals surface area contributed by atoms with Gasteiger partial charge in [-0.05, 0) is 65.5 Å². The molecule has 4 rings (SSSR count). The standard InChI is InChI=1S/C34H51N5O4S2/c1-32(2,3)45-26-13-10-11-22-19-23(20-36-28(22)26)30(41)35-17-15-34(6,7)43-18-16-33(4,5)39-27(40)14-9-8-12-25-29-24(21-44-25)37-31(42)38-29/h10-11,13,19-20,24-25,29H,8-9,12,14-18,21H2,1-7H3,(H,35,41)(H,39,40)(H2,37,38,42)/t24-,25-,29-/m0/s1. The first-order valence-corrected chi connectivity index (χ1v) is 18.0. The highest BCUT2D eigenvalue weighted by Gasteiger charge is 2.42. The van der Waals surface area contributed by atoms with Crippen molar-refractivity contribution in [2.75, 3.05) is 18.9 Å². The molecule has 45 heavy (non-hydrogen) atoms. The predicted octanol–water partition coefficient (Wildman–Crippen LogP) is 6.05. The van der Waals surface area contributed by atoms with Gasteiger partial charge in [0.25, 0.3) is 5.91 Å². The van der Waals surface area contributed by atoms with Crippen molar-refractivity contribution in [3.8, 4) is 0 Å². The Morgan fingerprint density at radius 2 is 1.87 bits per heavy atom. The summed E-state index contributed by atoms with van der Waals surface area (Å²) in [7, 11) is 0. The van der Waals surface area contributed by atoms with Gasteiger partial charge >= 0.3 is 6.03 Å². The number of pyridine rings is 1. The van der Waals surface area contributed by atoms with E-state index in [1.807, 2.05) is 57.7 Å². The van der Waals surface area contributed by atoms with Gasteiger partial charge < -0.3 is 26.0 Å². The number of benzene rings is 1. The molecule has 2 aliphatic rings. The molecule has 0 radical (unpaired) electrons. The van der Waals surface area contributed by atoms with Crippen molar-refractivity contribution in [1.82, 2.24) is 26.3 Å². The quantitative estimate of drug-likeness (QED) is 0.105. The normalized spacial score (nSPS) is 20.1. The number of hydrogen-bond acceptors (Lipinski definition) is 7. The Kier molecular flexibility index (Phi) is 11.7. The minimum Gasteiger partial charge on any atom is -0.375 e. The van der Waals surface area contributed by atoms with Crippen LogP contribution in [0.4, 0.5) is 4.79 Å². The molecule has 11 heteroatoms. The highest BCUT2D eigenvalue weighted by Crippen LogP contribution is 2.36. The molecule has 1 aromatic heterocycles. The van der Waals surface area contributed by atoms with Crippen LogP contribution < -0.4 is 21.3 Å². The average Bonchev–Trinajstić information content (AvgIpc) is 3.48. The van der Waals surface area contributed by atoms with Gasteiger partial charge in [-0.25, -0.2) is 4.79 Å². The van der Waals surface area contributed by atoms with E-state index in [1.54, 1.807) is 18.0 Å². The number of hydrogen-bond donors (Lipinski definition) is 4. The third-order valence-corrected chi connectivity index (χ3v) is 10.8. The van der Waals surface area contributed by atoms with E-state index in [0.717, 1.165) is 40.8 Å². The zero-order valence-corrected chi connectivity index (χ0v) is 29.5. The van der Waals surface area contributed by atoms with Gasteiger partial charge in [-0.15, -0.1) is 11.8 Å². The van der Waals surface area contributed by atoms with Crippen molar-refractivity contribution in [1.29, 1.82) is 0 Å². The van der Waals surface area contributed by atoms with Crippen LogP contribution in [0.2, 0.25) is 0 Å². The lowest BCUT2D eigenvalue weighted by Crippen LogP contribution is -2.44. The summed E-state index contributed by atoms with van der Waals surface area (Å²) in [4.78, 5) is 42.8. The molecule has 9 nitrogen and oxygen atoms in total. The number of ether oxygens (including phenoxy) is 1. The van der Waals surface area contributed by atoms with Crippen LogP contribution in [-0.2, 0) is 9.53 Å². The Morgan fingerprint density at radius 3 is 2.62 bits per heavy atom. The first kappa shape index (κ1) is 35.4. The van der Waals surface area contributed by atoms with E-state index < -0.39 is 5.60 Å². The van der Waals surface area contributed by atoms with E-state index in [2.05, 4.69) is 53.1 Å². The largest absolute Gasteiger partial charge is 0.375 e. The van der Waals surface area contributed by atoms with E-state index >= 15 is 0 Å². The maximum atomic E-state index is 12.9. The maximum absolute atomic E-state index is 12.9. The number of carbonyl (C=O) groups excluding carboxylic acids is 3. The van der Waals surface area contributed by atoms with Crippen LogP contribution in [0.1, 0.15) is 97.3 Å². The lowest BCUT2D eigenvalue weighted by Gasteiger charge is -2.30. The predicted molar refractivity (Wildman–Crippen MR) is 185 cm³/mol. The van der Waals surface area contributed by atoms with Crippen molar-refractivity contribution >= 4 is 52.3 Å². The van der Waals surface area contributed by atoms with E-state index in [0.29, 0.717) is 43.2 Å². The van der Waals surface area contributed by atoms with E-state index in [9.17, 15) is 14.4 Å². The van der Waals surface area contributed by atoms with Gasteiger partial charge in [-0.3, -0.25) is 14.6 Å². The number of rotatable bonds is 15. The van der Waals surface area contributed by atoms with E-state index in [1.165, 1.54) is 0 Å². The van der Waals surface area contributed by atoms with Crippen LogP contribution in [0, 0.1) is 0 Å². The number of urea groups is 1. The molecule has 4 N–H and O–H groups in total. The smallest absolute Gasteiger partial charge is 0.315 e. The number of para-hydroxylation sites is 1. The topological polar surface area (TPSA) is 121 Å². The first-order chi connectivity index (χ1) is 21.1. The number of nitrogens with zero attached hydrogens (tertiary/aromatic N) is 1. The van der Waals surface area contributed by atoms with Crippen molar-refractivity contribution in [2.45, 2.75) is 125 Å². The number of carbonyl (C=O) groups is 3. The van der Waals surface area contributed by atoms with Crippen LogP contribution in [-0.4, -0.2) is 75.0 Å². The van der Waals surface area contributed by atoms with Gasteiger partial charge in [0.15, 0.2) is 0 Å². The monoisotopic (exact) mass is 657 g/mol. The number of amides is 4. The molecule has 2 aliphatic heterocycles. The van der Waals surface area contributed by atoms with Crippen molar-refractivity contribution in [3.63, 3.8) is 0 Å². The molecule has 1 aromatic carbocycles. The average molecular weight is 658 g/mol. The van der Waals surface area contributed by atoms with Crippen LogP contribution in [0.15, 0.2) is 35.4 Å². The molecular weight excluding hydrogens is 607 g/mol. The molecule has 4 amide bonds. The highest BCUT2D eigenvalue weighted by atomic mass is 32.2. The third kappa shape index (κ3) is 10.8. The molecule has 3 heterocycles. The Morgan fingerprint density at radius 1 is 1.09 bits per heavy atom. The molecule has 2 aromatic rings. The van der Waals surface area contributed by atoms with Gasteiger partial charge in [0, 0.05) is 57.3 Å². The van der Waals surface area contributed by atoms with Crippen molar-refractivity contribution in [2.24, 2.45) is 0 Å². The Hall–Kier alpha value is -2.50. The lowest BCUT2D eigenvalue weighted by atomic mass is 9.99. The van der Waals surface area contributed by atoms with E-state index in [4.69, 9.17) is 4.74 Å². The number of aromatic nitrogens is 1. The molecule has 2 fully saturated rings. The second kappa shape index (κ2) is 14.9. The summed E-state index contributed by atoms with van der Waals surface area (Å²) in [5.41, 5.74) is 0.643. The van der Waals surface area contributed by atoms with Crippen LogP contribution in [0.25, 0.3) is 10.9 Å². The molecule has 0 aliphatic carbocycles. The Balaban J connectivity index is 1.12. The van der Waals surface area contributed by atoms with E-state index in [-0.39, 0.29) is 40.2 Å². The second-order valence-electron chi connectivity index (χ2n) is 14.4. The van der Waals surface area contributed by atoms with Crippen molar-refractivity contribution < 1.29 is 19.1 Å². The molecular formula is C34H51N5O4S2. The molecule has 0 unspecified atom stereocenters. The first-order valence-electron chi connectivity index (χ1n) is 16.1. The second-order valence-corrected chi connectivity index (χ2v) is 17.6. The SMILES string of the molecule is CC(C)(CCOC(C)(C)CCNC(=O)c1cnc2c(SC(C)(C)C)cccc2c1)NC(=O)CCCC[C@@H]1SC[C@@H]2NC(=O)N[C@@H]21. The van der Waals surface area contributed by atoms with Crippen LogP contribution in [0.3, 0.4) is 0 Å². The van der Waals surface area contributed by atoms with Gasteiger partial charge in [-0.1, -0.05) is 39.3 Å². The zero-order valence-electron chi connectivity index (χ0n) is 27.9. The summed E-state index contributed by atoms with van der Waals surface area (Å²) < 4.78 is 6.26. The lowest BCUT2D eigenvalue weighted by molar-refractivity contribution is -0.123. The summed E-state index contributed by atoms with van der Waals surface area (Å²) in [5.74, 6) is 0.867. The molecule has 0 bridgehead atoms. The Bertz CT molecular complexity index is 1360. The fourth-order valence-electron chi connectivity index (χ4n) is 5.68. The number of thioether (sulfide) groups is 2. The summed E-state index contributed by atoms with van der Waals surface area (Å²) in [6.45, 7) is 15.6. The highest BCUT2D eigenvalue weighted by molar-refractivity contribution is 8.00. The molecule has 2 saturated heterocycles. The minimum absolute atomic E-state index is 0.0575. The van der Waals surface area contributed by atoms with Crippen LogP contribution in [0.5, 0.6) is 0 Å². The third-order valence-electron chi connectivity index (χ3n) is 8.14. The minimum atomic E-state index is -0.431. The summed E-state index contributed by atoms with van der Waals surface area (Å²) >= 11 is 3.68. The number of unbranched alkanes of at least 4 members (excludes halogenated alkanes) is 1. The fourth-order valence-corrected chi connectivity index (χ4v) is 8.30. The number of fused-ring (bicyclic) bond motifs is 2. The molecule has 248 valence electrons. The fraction of sp³-hybridized carbons (Fsp3) is 0.647. The summed E-state index contributed by atoms with van der Waals surface area (Å²) in [6, 6.07) is 8.37. The van der Waals surface area contributed by atoms with Crippen LogP contribution >= 0.6 is 23.5 Å². The van der Waals surface area contributed by atoms with Gasteiger partial charge in [0.2, 0.25) is 5.91 Å². The summed E-state index contributed by atoms with van der Waals surface area (Å²) in [5, 5.41) is 13.6. The maximum Gasteiger partial charge on any atom is 0.315 e. The molecule has 3 atom stereocenters. The van der Waals surface area contributed by atoms with Crippen molar-refractivity contribution in [3.05, 3.63) is 36.0 Å². The zero-order chi connectivity index (χ0) is 32.8. The molecule has 0 saturated carbocycles. The van der Waals surface area contributed by atoms with Gasteiger partial charge in [-0.2, -0.15) is 11.8 Å². The summed E-state index contributed by atoms with van der Waals surface area (Å²) in [6.07, 6.45) is 6.29. The Labute approximate surface area is 276 Å². The van der Waals surface area contributed by atoms with Gasteiger partial charge in [0.05, 0.1) is 28.8 Å². The molecule has 0 spiro atoms. The van der Waals surface area contributed by atoms with Gasteiger partial charge in [0.1, 0.15) is 0 Å². The number of nitrogens with one attached hydrogen (secondary N) is 4.